The number of thiocarbonyl (C=S) groups is 1. The van der Waals surface area contributed by atoms with E-state index in [0.29, 0.717) is 35.5 Å². The minimum atomic E-state index is -0.435. The molecular formula is C15H17N5O2S. The van der Waals surface area contributed by atoms with Gasteiger partial charge >= 0.3 is 5.97 Å². The van der Waals surface area contributed by atoms with E-state index < -0.39 is 5.97 Å². The lowest BCUT2D eigenvalue weighted by Gasteiger charge is -2.10. The van der Waals surface area contributed by atoms with Gasteiger partial charge in [0.15, 0.2) is 5.11 Å². The molecule has 2 rings (SSSR count). The Hall–Kier alpha value is -2.61. The molecule has 0 amide bonds. The molecule has 7 nitrogen and oxygen atoms in total. The topological polar surface area (TPSA) is 89.0 Å². The third-order valence-electron chi connectivity index (χ3n) is 2.90. The van der Waals surface area contributed by atoms with E-state index in [-0.39, 0.29) is 0 Å². The fourth-order valence-electron chi connectivity index (χ4n) is 1.77. The number of hydrogen-bond donors (Lipinski definition) is 2. The highest BCUT2D eigenvalue weighted by Crippen LogP contribution is 2.08. The lowest BCUT2D eigenvalue weighted by Crippen LogP contribution is -2.29. The number of aryl methyl sites for hydroxylation is 1. The second-order valence-electron chi connectivity index (χ2n) is 4.58. The van der Waals surface area contributed by atoms with Gasteiger partial charge in [0.05, 0.1) is 17.9 Å². The van der Waals surface area contributed by atoms with Crippen LogP contribution in [0.1, 0.15) is 28.5 Å². The van der Waals surface area contributed by atoms with Crippen molar-refractivity contribution in [1.82, 2.24) is 20.3 Å². The van der Waals surface area contributed by atoms with Gasteiger partial charge in [0, 0.05) is 25.1 Å². The Morgan fingerprint density at radius 2 is 2.09 bits per heavy atom. The largest absolute Gasteiger partial charge is 0.462 e. The fourth-order valence-corrected chi connectivity index (χ4v) is 1.93. The number of aromatic nitrogens is 3. The first-order valence-electron chi connectivity index (χ1n) is 7.04. The minimum absolute atomic E-state index is 0.307. The van der Waals surface area contributed by atoms with E-state index in [1.807, 2.05) is 12.1 Å². The van der Waals surface area contributed by atoms with Crippen molar-refractivity contribution in [3.05, 3.63) is 47.5 Å². The molecule has 2 aromatic heterocycles. The average Bonchev–Trinajstić information content (AvgIpc) is 2.54. The summed E-state index contributed by atoms with van der Waals surface area (Å²) >= 11 is 5.19. The molecule has 0 aromatic carbocycles. The highest BCUT2D eigenvalue weighted by molar-refractivity contribution is 7.80. The van der Waals surface area contributed by atoms with Crippen molar-refractivity contribution in [2.75, 3.05) is 11.9 Å². The molecule has 2 N–H and O–H groups in total. The monoisotopic (exact) mass is 331 g/mol. The van der Waals surface area contributed by atoms with Crippen LogP contribution in [0.3, 0.4) is 0 Å². The Labute approximate surface area is 139 Å². The van der Waals surface area contributed by atoms with Crippen molar-refractivity contribution in [3.8, 4) is 0 Å². The maximum atomic E-state index is 11.7. The third-order valence-corrected chi connectivity index (χ3v) is 3.15. The van der Waals surface area contributed by atoms with Gasteiger partial charge in [-0.1, -0.05) is 0 Å². The van der Waals surface area contributed by atoms with E-state index in [0.717, 1.165) is 5.56 Å². The summed E-state index contributed by atoms with van der Waals surface area (Å²) < 4.78 is 4.93. The quantitative estimate of drug-likeness (QED) is 0.634. The predicted molar refractivity (Wildman–Crippen MR) is 90.0 cm³/mol. The molecule has 0 bridgehead atoms. The SMILES string of the molecule is CCOC(=O)c1cnc(NC(=S)NCc2ccncc2)nc1C. The summed E-state index contributed by atoms with van der Waals surface area (Å²) in [5, 5.41) is 6.32. The minimum Gasteiger partial charge on any atom is -0.462 e. The Kier molecular flexibility index (Phi) is 5.93. The van der Waals surface area contributed by atoms with Gasteiger partial charge < -0.3 is 15.4 Å². The van der Waals surface area contributed by atoms with Crippen molar-refractivity contribution in [3.63, 3.8) is 0 Å². The number of ether oxygens (including phenoxy) is 1. The predicted octanol–water partition coefficient (Wildman–Crippen LogP) is 1.84. The second-order valence-corrected chi connectivity index (χ2v) is 4.98. The lowest BCUT2D eigenvalue weighted by atomic mass is 10.2. The first-order chi connectivity index (χ1) is 11.1. The molecule has 0 aliphatic carbocycles. The summed E-state index contributed by atoms with van der Waals surface area (Å²) in [6.45, 7) is 4.33. The number of carbonyl (C=O) groups excluding carboxylic acids is 1. The van der Waals surface area contributed by atoms with Crippen LogP contribution < -0.4 is 10.6 Å². The smallest absolute Gasteiger partial charge is 0.341 e. The first-order valence-corrected chi connectivity index (χ1v) is 7.45. The highest BCUT2D eigenvalue weighted by Gasteiger charge is 2.13. The van der Waals surface area contributed by atoms with Gasteiger partial charge in [-0.3, -0.25) is 4.98 Å². The van der Waals surface area contributed by atoms with Crippen molar-refractivity contribution in [2.24, 2.45) is 0 Å². The van der Waals surface area contributed by atoms with Crippen molar-refractivity contribution >= 4 is 29.2 Å². The molecule has 0 aliphatic rings. The number of nitrogens with one attached hydrogen (secondary N) is 2. The standard InChI is InChI=1S/C15H17N5O2S/c1-3-22-13(21)12-9-17-14(19-10(12)2)20-15(23)18-8-11-4-6-16-7-5-11/h4-7,9H,3,8H2,1-2H3,(H2,17,18,19,20,23). The molecule has 0 spiro atoms. The maximum absolute atomic E-state index is 11.7. The van der Waals surface area contributed by atoms with Gasteiger partial charge in [-0.15, -0.1) is 0 Å². The van der Waals surface area contributed by atoms with Crippen LogP contribution in [0.2, 0.25) is 0 Å². The van der Waals surface area contributed by atoms with E-state index in [2.05, 4.69) is 25.6 Å². The van der Waals surface area contributed by atoms with Crippen LogP contribution in [-0.2, 0) is 11.3 Å². The first kappa shape index (κ1) is 16.8. The van der Waals surface area contributed by atoms with Crippen LogP contribution in [0.4, 0.5) is 5.95 Å². The molecule has 0 fully saturated rings. The fraction of sp³-hybridized carbons (Fsp3) is 0.267. The molecule has 0 unspecified atom stereocenters. The van der Waals surface area contributed by atoms with E-state index >= 15 is 0 Å². The Morgan fingerprint density at radius 1 is 1.35 bits per heavy atom. The van der Waals surface area contributed by atoms with Crippen LogP contribution in [0.5, 0.6) is 0 Å². The van der Waals surface area contributed by atoms with Gasteiger partial charge in [0.2, 0.25) is 5.95 Å². The maximum Gasteiger partial charge on any atom is 0.341 e. The number of rotatable bonds is 5. The summed E-state index contributed by atoms with van der Waals surface area (Å²) in [7, 11) is 0. The van der Waals surface area contributed by atoms with Crippen molar-refractivity contribution in [1.29, 1.82) is 0 Å². The zero-order chi connectivity index (χ0) is 16.7. The lowest BCUT2D eigenvalue weighted by molar-refractivity contribution is 0.0524. The summed E-state index contributed by atoms with van der Waals surface area (Å²) in [6, 6.07) is 3.79. The summed E-state index contributed by atoms with van der Waals surface area (Å²) in [4.78, 5) is 23.9. The van der Waals surface area contributed by atoms with Gasteiger partial charge in [-0.2, -0.15) is 0 Å². The van der Waals surface area contributed by atoms with Gasteiger partial charge in [-0.05, 0) is 43.8 Å². The van der Waals surface area contributed by atoms with E-state index in [1.165, 1.54) is 6.20 Å². The van der Waals surface area contributed by atoms with Crippen molar-refractivity contribution < 1.29 is 9.53 Å². The number of esters is 1. The summed E-state index contributed by atoms with van der Waals surface area (Å²) in [6.07, 6.45) is 4.86. The molecule has 0 saturated heterocycles. The number of carbonyl (C=O) groups is 1. The Balaban J connectivity index is 1.93. The van der Waals surface area contributed by atoms with E-state index in [4.69, 9.17) is 17.0 Å². The zero-order valence-corrected chi connectivity index (χ0v) is 13.7. The normalized spacial score (nSPS) is 10.0. The molecule has 23 heavy (non-hydrogen) atoms. The van der Waals surface area contributed by atoms with Gasteiger partial charge in [0.25, 0.3) is 0 Å². The summed E-state index contributed by atoms with van der Waals surface area (Å²) in [5.41, 5.74) is 1.92. The van der Waals surface area contributed by atoms with Crippen LogP contribution in [0, 0.1) is 6.92 Å². The Bertz CT molecular complexity index is 694. The molecular weight excluding hydrogens is 314 g/mol. The van der Waals surface area contributed by atoms with Crippen LogP contribution in [0.15, 0.2) is 30.7 Å². The molecule has 0 saturated carbocycles. The zero-order valence-electron chi connectivity index (χ0n) is 12.9. The molecule has 2 aromatic rings. The molecule has 0 atom stereocenters. The molecule has 120 valence electrons. The van der Waals surface area contributed by atoms with E-state index in [9.17, 15) is 4.79 Å². The van der Waals surface area contributed by atoms with Crippen LogP contribution >= 0.6 is 12.2 Å². The third kappa shape index (κ3) is 4.96. The number of anilines is 1. The van der Waals surface area contributed by atoms with Crippen LogP contribution in [0.25, 0.3) is 0 Å². The molecule has 0 radical (unpaired) electrons. The number of nitrogens with zero attached hydrogens (tertiary/aromatic N) is 3. The summed E-state index contributed by atoms with van der Waals surface area (Å²) in [5.74, 6) is -0.113. The molecule has 2 heterocycles. The second kappa shape index (κ2) is 8.14. The number of hydrogen-bond acceptors (Lipinski definition) is 6. The number of pyridine rings is 1. The van der Waals surface area contributed by atoms with Crippen LogP contribution in [-0.4, -0.2) is 32.6 Å². The van der Waals surface area contributed by atoms with Gasteiger partial charge in [0.1, 0.15) is 0 Å². The van der Waals surface area contributed by atoms with Crippen molar-refractivity contribution in [2.45, 2.75) is 20.4 Å². The molecule has 8 heteroatoms. The highest BCUT2D eigenvalue weighted by atomic mass is 32.1. The molecule has 0 aliphatic heterocycles. The van der Waals surface area contributed by atoms with E-state index in [1.54, 1.807) is 26.2 Å². The van der Waals surface area contributed by atoms with Gasteiger partial charge in [-0.25, -0.2) is 14.8 Å². The Morgan fingerprint density at radius 3 is 2.74 bits per heavy atom. The average molecular weight is 331 g/mol.